The zero-order chi connectivity index (χ0) is 15.1. The first kappa shape index (κ1) is 13.7. The molecule has 1 aromatic carbocycles. The Hall–Kier alpha value is -2.27. The van der Waals surface area contributed by atoms with Crippen LogP contribution in [0.5, 0.6) is 0 Å². The third-order valence-electron chi connectivity index (χ3n) is 3.66. The summed E-state index contributed by atoms with van der Waals surface area (Å²) in [6.07, 6.45) is 3.45. The highest BCUT2D eigenvalue weighted by Gasteiger charge is 2.11. The average Bonchev–Trinajstić information content (AvgIpc) is 2.83. The van der Waals surface area contributed by atoms with Crippen LogP contribution in [0, 0.1) is 13.8 Å². The number of nitrogens with zero attached hydrogens (tertiary/aromatic N) is 2. The maximum Gasteiger partial charge on any atom is 0.258 e. The van der Waals surface area contributed by atoms with Crippen molar-refractivity contribution in [2.75, 3.05) is 5.73 Å². The molecule has 21 heavy (non-hydrogen) atoms. The second-order valence-corrected chi connectivity index (χ2v) is 5.55. The SMILES string of the molecule is Cc1[nH]cnc1Cn1cc(C)c2cc(N)c(Cl)cc2c1=O. The number of aryl methyl sites for hydroxylation is 2. The van der Waals surface area contributed by atoms with Crippen molar-refractivity contribution >= 4 is 28.1 Å². The van der Waals surface area contributed by atoms with Gasteiger partial charge >= 0.3 is 0 Å². The zero-order valence-electron chi connectivity index (χ0n) is 11.8. The molecule has 0 radical (unpaired) electrons. The lowest BCUT2D eigenvalue weighted by atomic mass is 10.1. The monoisotopic (exact) mass is 302 g/mol. The highest BCUT2D eigenvalue weighted by molar-refractivity contribution is 6.34. The van der Waals surface area contributed by atoms with Gasteiger partial charge in [-0.1, -0.05) is 11.6 Å². The standard InChI is InChI=1S/C15H15ClN4O/c1-8-5-20(6-14-9(2)18-7-19-14)15(21)11-3-12(16)13(17)4-10(8)11/h3-5,7H,6,17H2,1-2H3,(H,18,19). The van der Waals surface area contributed by atoms with Gasteiger partial charge in [-0.25, -0.2) is 4.98 Å². The third kappa shape index (κ3) is 2.29. The normalized spacial score (nSPS) is 11.2. The number of hydrogen-bond donors (Lipinski definition) is 2. The van der Waals surface area contributed by atoms with E-state index < -0.39 is 0 Å². The second kappa shape index (κ2) is 4.93. The van der Waals surface area contributed by atoms with Gasteiger partial charge in [0, 0.05) is 17.3 Å². The van der Waals surface area contributed by atoms with E-state index in [1.807, 2.05) is 20.0 Å². The van der Waals surface area contributed by atoms with Crippen LogP contribution in [0.25, 0.3) is 10.8 Å². The van der Waals surface area contributed by atoms with Crippen LogP contribution in [0.15, 0.2) is 29.5 Å². The Morgan fingerprint density at radius 1 is 1.33 bits per heavy atom. The number of nitrogens with one attached hydrogen (secondary N) is 1. The van der Waals surface area contributed by atoms with Gasteiger partial charge in [0.05, 0.1) is 29.3 Å². The Morgan fingerprint density at radius 3 is 2.76 bits per heavy atom. The molecular weight excluding hydrogens is 288 g/mol. The summed E-state index contributed by atoms with van der Waals surface area (Å²) in [5.74, 6) is 0. The lowest BCUT2D eigenvalue weighted by molar-refractivity contribution is 0.743. The van der Waals surface area contributed by atoms with Gasteiger partial charge in [-0.2, -0.15) is 0 Å². The number of H-pyrrole nitrogens is 1. The molecule has 0 aliphatic rings. The fraction of sp³-hybridized carbons (Fsp3) is 0.200. The molecule has 108 valence electrons. The molecule has 2 heterocycles. The Balaban J connectivity index is 2.21. The van der Waals surface area contributed by atoms with E-state index in [0.717, 1.165) is 22.3 Å². The fourth-order valence-corrected chi connectivity index (χ4v) is 2.60. The lowest BCUT2D eigenvalue weighted by Gasteiger charge is -2.11. The first-order valence-corrected chi connectivity index (χ1v) is 6.93. The third-order valence-corrected chi connectivity index (χ3v) is 3.98. The van der Waals surface area contributed by atoms with Crippen molar-refractivity contribution in [1.29, 1.82) is 0 Å². The van der Waals surface area contributed by atoms with Crippen LogP contribution in [-0.2, 0) is 6.54 Å². The summed E-state index contributed by atoms with van der Waals surface area (Å²) >= 11 is 6.04. The largest absolute Gasteiger partial charge is 0.398 e. The quantitative estimate of drug-likeness (QED) is 0.714. The minimum Gasteiger partial charge on any atom is -0.398 e. The fourth-order valence-electron chi connectivity index (χ4n) is 2.44. The van der Waals surface area contributed by atoms with Crippen LogP contribution in [0.2, 0.25) is 5.02 Å². The number of anilines is 1. The molecule has 0 aliphatic heterocycles. The number of aromatic amines is 1. The van der Waals surface area contributed by atoms with Crippen LogP contribution in [0.4, 0.5) is 5.69 Å². The van der Waals surface area contributed by atoms with Gasteiger partial charge in [0.2, 0.25) is 0 Å². The Kier molecular flexibility index (Phi) is 3.22. The van der Waals surface area contributed by atoms with Crippen molar-refractivity contribution in [3.8, 4) is 0 Å². The Labute approximate surface area is 126 Å². The molecule has 0 spiro atoms. The Morgan fingerprint density at radius 2 is 2.10 bits per heavy atom. The summed E-state index contributed by atoms with van der Waals surface area (Å²) in [6.45, 7) is 4.30. The van der Waals surface area contributed by atoms with E-state index in [1.165, 1.54) is 0 Å². The van der Waals surface area contributed by atoms with Crippen molar-refractivity contribution in [2.45, 2.75) is 20.4 Å². The predicted octanol–water partition coefficient (Wildman–Crippen LogP) is 2.63. The number of pyridine rings is 1. The minimum atomic E-state index is -0.0973. The molecule has 5 nitrogen and oxygen atoms in total. The highest BCUT2D eigenvalue weighted by Crippen LogP contribution is 2.26. The minimum absolute atomic E-state index is 0.0973. The van der Waals surface area contributed by atoms with Crippen molar-refractivity contribution in [3.05, 3.63) is 57.0 Å². The topological polar surface area (TPSA) is 76.7 Å². The number of imidazole rings is 1. The summed E-state index contributed by atoms with van der Waals surface area (Å²) in [4.78, 5) is 19.9. The molecule has 0 aliphatic carbocycles. The molecular formula is C15H15ClN4O. The molecule has 0 saturated carbocycles. The molecule has 0 fully saturated rings. The van der Waals surface area contributed by atoms with Gasteiger partial charge in [0.15, 0.2) is 0 Å². The van der Waals surface area contributed by atoms with Gasteiger partial charge in [0.25, 0.3) is 5.56 Å². The number of fused-ring (bicyclic) bond motifs is 1. The van der Waals surface area contributed by atoms with Crippen LogP contribution in [0.1, 0.15) is 17.0 Å². The van der Waals surface area contributed by atoms with Crippen molar-refractivity contribution in [3.63, 3.8) is 0 Å². The van der Waals surface area contributed by atoms with Crippen LogP contribution >= 0.6 is 11.6 Å². The van der Waals surface area contributed by atoms with Crippen molar-refractivity contribution in [1.82, 2.24) is 14.5 Å². The number of nitrogens with two attached hydrogens (primary N) is 1. The molecule has 6 heteroatoms. The summed E-state index contributed by atoms with van der Waals surface area (Å²) in [5, 5.41) is 1.80. The second-order valence-electron chi connectivity index (χ2n) is 5.14. The average molecular weight is 303 g/mol. The van der Waals surface area contributed by atoms with E-state index in [4.69, 9.17) is 17.3 Å². The van der Waals surface area contributed by atoms with Gasteiger partial charge in [-0.15, -0.1) is 0 Å². The maximum atomic E-state index is 12.6. The lowest BCUT2D eigenvalue weighted by Crippen LogP contribution is -2.21. The van der Waals surface area contributed by atoms with Gasteiger partial charge < -0.3 is 15.3 Å². The van der Waals surface area contributed by atoms with Crippen LogP contribution in [0.3, 0.4) is 0 Å². The van der Waals surface area contributed by atoms with Gasteiger partial charge in [-0.3, -0.25) is 4.79 Å². The smallest absolute Gasteiger partial charge is 0.258 e. The highest BCUT2D eigenvalue weighted by atomic mass is 35.5. The molecule has 3 rings (SSSR count). The first-order chi connectivity index (χ1) is 9.97. The number of aromatic nitrogens is 3. The number of nitrogen functional groups attached to an aromatic ring is 1. The van der Waals surface area contributed by atoms with Gasteiger partial charge in [-0.05, 0) is 36.9 Å². The number of hydrogen-bond acceptors (Lipinski definition) is 3. The first-order valence-electron chi connectivity index (χ1n) is 6.55. The molecule has 3 aromatic rings. The van der Waals surface area contributed by atoms with E-state index >= 15 is 0 Å². The Bertz CT molecular complexity index is 895. The van der Waals surface area contributed by atoms with Crippen molar-refractivity contribution in [2.24, 2.45) is 0 Å². The molecule has 3 N–H and O–H groups in total. The van der Waals surface area contributed by atoms with E-state index in [0.29, 0.717) is 22.6 Å². The number of rotatable bonds is 2. The van der Waals surface area contributed by atoms with Gasteiger partial charge in [0.1, 0.15) is 0 Å². The van der Waals surface area contributed by atoms with Crippen molar-refractivity contribution < 1.29 is 0 Å². The summed E-state index contributed by atoms with van der Waals surface area (Å²) in [6, 6.07) is 3.38. The van der Waals surface area contributed by atoms with Crippen LogP contribution < -0.4 is 11.3 Å². The maximum absolute atomic E-state index is 12.6. The van der Waals surface area contributed by atoms with E-state index in [2.05, 4.69) is 9.97 Å². The molecule has 0 atom stereocenters. The van der Waals surface area contributed by atoms with Crippen LogP contribution in [-0.4, -0.2) is 14.5 Å². The van der Waals surface area contributed by atoms with E-state index in [1.54, 1.807) is 23.0 Å². The summed E-state index contributed by atoms with van der Waals surface area (Å²) < 4.78 is 1.65. The molecule has 0 bridgehead atoms. The van der Waals surface area contributed by atoms with E-state index in [-0.39, 0.29) is 5.56 Å². The molecule has 0 unspecified atom stereocenters. The van der Waals surface area contributed by atoms with E-state index in [9.17, 15) is 4.79 Å². The number of benzene rings is 1. The summed E-state index contributed by atoms with van der Waals surface area (Å²) in [5.41, 5.74) is 8.97. The summed E-state index contributed by atoms with van der Waals surface area (Å²) in [7, 11) is 0. The zero-order valence-corrected chi connectivity index (χ0v) is 12.5. The molecule has 0 amide bonds. The molecule has 0 saturated heterocycles. The molecule has 2 aromatic heterocycles. The predicted molar refractivity (Wildman–Crippen MR) is 84.8 cm³/mol. The number of halogens is 1.